The van der Waals surface area contributed by atoms with Gasteiger partial charge in [-0.3, -0.25) is 19.3 Å². The molecule has 1 atom stereocenters. The highest BCUT2D eigenvalue weighted by Gasteiger charge is 2.23. The number of hydrogen-bond donors (Lipinski definition) is 2. The van der Waals surface area contributed by atoms with E-state index in [0.717, 1.165) is 11.3 Å². The summed E-state index contributed by atoms with van der Waals surface area (Å²) in [5.74, 6) is -0.598. The lowest BCUT2D eigenvalue weighted by molar-refractivity contribution is -0.125. The van der Waals surface area contributed by atoms with Gasteiger partial charge in [0.1, 0.15) is 6.61 Å². The van der Waals surface area contributed by atoms with Gasteiger partial charge in [0.2, 0.25) is 5.91 Å². The van der Waals surface area contributed by atoms with Crippen LogP contribution in [0.1, 0.15) is 21.7 Å². The lowest BCUT2D eigenvalue weighted by Crippen LogP contribution is -2.46. The van der Waals surface area contributed by atoms with Gasteiger partial charge >= 0.3 is 0 Å². The predicted molar refractivity (Wildman–Crippen MR) is 122 cm³/mol. The number of amides is 3. The molecule has 3 rings (SSSR count). The molecule has 2 aromatic rings. The van der Waals surface area contributed by atoms with E-state index in [0.29, 0.717) is 28.1 Å². The van der Waals surface area contributed by atoms with Gasteiger partial charge in [0.05, 0.1) is 28.4 Å². The van der Waals surface area contributed by atoms with Crippen molar-refractivity contribution in [1.29, 1.82) is 0 Å². The lowest BCUT2D eigenvalue weighted by Gasteiger charge is -2.28. The van der Waals surface area contributed by atoms with Crippen molar-refractivity contribution in [3.8, 4) is 0 Å². The Morgan fingerprint density at radius 1 is 1.29 bits per heavy atom. The molecular weight excluding hydrogens is 440 g/mol. The van der Waals surface area contributed by atoms with Crippen LogP contribution >= 0.6 is 22.9 Å². The van der Waals surface area contributed by atoms with Crippen LogP contribution in [0.3, 0.4) is 0 Å². The predicted octanol–water partition coefficient (Wildman–Crippen LogP) is 2.72. The van der Waals surface area contributed by atoms with E-state index in [4.69, 9.17) is 16.3 Å². The van der Waals surface area contributed by atoms with E-state index in [2.05, 4.69) is 10.6 Å². The number of nitrogens with zero attached hydrogens (tertiary/aromatic N) is 2. The molecule has 1 fully saturated rings. The fourth-order valence-corrected chi connectivity index (χ4v) is 4.16. The van der Waals surface area contributed by atoms with Crippen LogP contribution in [0.5, 0.6) is 0 Å². The van der Waals surface area contributed by atoms with Gasteiger partial charge in [0.15, 0.2) is 0 Å². The Bertz CT molecular complexity index is 978. The molecule has 1 aromatic carbocycles. The highest BCUT2D eigenvalue weighted by atomic mass is 35.5. The van der Waals surface area contributed by atoms with Crippen LogP contribution in [0.15, 0.2) is 30.3 Å². The number of benzene rings is 1. The molecule has 0 spiro atoms. The van der Waals surface area contributed by atoms with Crippen LogP contribution in [0.4, 0.5) is 11.4 Å². The maximum absolute atomic E-state index is 12.6. The summed E-state index contributed by atoms with van der Waals surface area (Å²) in [5.41, 5.74) is 2.31. The average molecular weight is 465 g/mol. The number of halogens is 1. The molecule has 0 radical (unpaired) electrons. The standard InChI is InChI=1S/C21H25ClN4O4S/c1-13-10-14(4-5-15(13)26-8-9-30-12-20(26)28)23-19(27)11-18(25(2)3)24-21(29)16-6-7-17(22)31-16/h4-7,10,18H,8-9,11-12H2,1-3H3,(H,23,27)(H,24,29). The maximum atomic E-state index is 12.6. The summed E-state index contributed by atoms with van der Waals surface area (Å²) in [6.45, 7) is 2.97. The van der Waals surface area contributed by atoms with Crippen LogP contribution < -0.4 is 15.5 Å². The first-order valence-corrected chi connectivity index (χ1v) is 11.0. The zero-order chi connectivity index (χ0) is 22.5. The van der Waals surface area contributed by atoms with Crippen LogP contribution in [0.25, 0.3) is 0 Å². The van der Waals surface area contributed by atoms with E-state index in [1.54, 1.807) is 42.1 Å². The zero-order valence-corrected chi connectivity index (χ0v) is 19.2. The molecule has 2 N–H and O–H groups in total. The number of hydrogen-bond acceptors (Lipinski definition) is 6. The Morgan fingerprint density at radius 2 is 2.06 bits per heavy atom. The largest absolute Gasteiger partial charge is 0.370 e. The second-order valence-corrected chi connectivity index (χ2v) is 9.12. The second-order valence-electron chi connectivity index (χ2n) is 7.41. The number of aryl methyl sites for hydroxylation is 1. The maximum Gasteiger partial charge on any atom is 0.262 e. The van der Waals surface area contributed by atoms with Gasteiger partial charge in [-0.05, 0) is 56.9 Å². The Hall–Kier alpha value is -2.46. The Labute approximate surface area is 190 Å². The number of ether oxygens (including phenoxy) is 1. The summed E-state index contributed by atoms with van der Waals surface area (Å²) in [6.07, 6.45) is -0.416. The van der Waals surface area contributed by atoms with Gasteiger partial charge < -0.3 is 20.3 Å². The number of morpholine rings is 1. The number of carbonyl (C=O) groups excluding carboxylic acids is 3. The van der Waals surface area contributed by atoms with E-state index >= 15 is 0 Å². The number of nitrogens with one attached hydrogen (secondary N) is 2. The van der Waals surface area contributed by atoms with E-state index in [1.165, 1.54) is 11.3 Å². The molecule has 1 aliphatic rings. The third kappa shape index (κ3) is 6.04. The molecule has 166 valence electrons. The second kappa shape index (κ2) is 10.2. The van der Waals surface area contributed by atoms with Crippen LogP contribution in [-0.4, -0.2) is 62.6 Å². The van der Waals surface area contributed by atoms with Gasteiger partial charge in [-0.15, -0.1) is 11.3 Å². The number of rotatable bonds is 7. The van der Waals surface area contributed by atoms with Crippen molar-refractivity contribution < 1.29 is 19.1 Å². The molecule has 1 unspecified atom stereocenters. The highest BCUT2D eigenvalue weighted by molar-refractivity contribution is 7.18. The van der Waals surface area contributed by atoms with Crippen molar-refractivity contribution in [2.45, 2.75) is 19.5 Å². The first-order chi connectivity index (χ1) is 14.7. The Morgan fingerprint density at radius 3 is 2.68 bits per heavy atom. The van der Waals surface area contributed by atoms with E-state index < -0.39 is 6.17 Å². The van der Waals surface area contributed by atoms with Crippen molar-refractivity contribution in [1.82, 2.24) is 10.2 Å². The third-order valence-corrected chi connectivity index (χ3v) is 6.08. The minimum Gasteiger partial charge on any atom is -0.370 e. The van der Waals surface area contributed by atoms with Crippen LogP contribution in [-0.2, 0) is 14.3 Å². The first kappa shape index (κ1) is 23.2. The monoisotopic (exact) mass is 464 g/mol. The summed E-state index contributed by atoms with van der Waals surface area (Å²) < 4.78 is 5.70. The topological polar surface area (TPSA) is 91.0 Å². The fraction of sp³-hybridized carbons (Fsp3) is 0.381. The van der Waals surface area contributed by atoms with Crippen molar-refractivity contribution in [3.05, 3.63) is 45.1 Å². The first-order valence-electron chi connectivity index (χ1n) is 9.76. The summed E-state index contributed by atoms with van der Waals surface area (Å²) in [7, 11) is 3.58. The summed E-state index contributed by atoms with van der Waals surface area (Å²) in [6, 6.07) is 8.72. The number of thiophene rings is 1. The van der Waals surface area contributed by atoms with Crippen molar-refractivity contribution in [2.75, 3.05) is 44.1 Å². The number of anilines is 2. The molecule has 31 heavy (non-hydrogen) atoms. The summed E-state index contributed by atoms with van der Waals surface area (Å²) in [4.78, 5) is 41.0. The van der Waals surface area contributed by atoms with E-state index in [9.17, 15) is 14.4 Å². The Kier molecular flexibility index (Phi) is 7.66. The van der Waals surface area contributed by atoms with Gasteiger partial charge in [-0.2, -0.15) is 0 Å². The molecule has 1 saturated heterocycles. The lowest BCUT2D eigenvalue weighted by atomic mass is 10.1. The van der Waals surface area contributed by atoms with Gasteiger partial charge in [-0.25, -0.2) is 0 Å². The zero-order valence-electron chi connectivity index (χ0n) is 17.6. The molecule has 8 nitrogen and oxygen atoms in total. The molecule has 0 aliphatic carbocycles. The average Bonchev–Trinajstić information content (AvgIpc) is 3.15. The molecular formula is C21H25ClN4O4S. The Balaban J connectivity index is 1.62. The summed E-state index contributed by atoms with van der Waals surface area (Å²) in [5, 5.41) is 5.72. The fourth-order valence-electron chi connectivity index (χ4n) is 3.22. The molecule has 0 bridgehead atoms. The SMILES string of the molecule is Cc1cc(NC(=O)CC(NC(=O)c2ccc(Cl)s2)N(C)C)ccc1N1CCOCC1=O. The normalized spacial score (nSPS) is 15.1. The van der Waals surface area contributed by atoms with Crippen molar-refractivity contribution >= 4 is 52.0 Å². The minimum atomic E-state index is -0.486. The molecule has 1 aromatic heterocycles. The highest BCUT2D eigenvalue weighted by Crippen LogP contribution is 2.25. The van der Waals surface area contributed by atoms with Gasteiger partial charge in [-0.1, -0.05) is 11.6 Å². The summed E-state index contributed by atoms with van der Waals surface area (Å²) >= 11 is 7.08. The van der Waals surface area contributed by atoms with Gasteiger partial charge in [0.25, 0.3) is 11.8 Å². The minimum absolute atomic E-state index is 0.0700. The van der Waals surface area contributed by atoms with Crippen molar-refractivity contribution in [3.63, 3.8) is 0 Å². The molecule has 10 heteroatoms. The molecule has 0 saturated carbocycles. The number of carbonyl (C=O) groups is 3. The van der Waals surface area contributed by atoms with E-state index in [1.807, 2.05) is 19.1 Å². The van der Waals surface area contributed by atoms with Crippen molar-refractivity contribution in [2.24, 2.45) is 0 Å². The van der Waals surface area contributed by atoms with Crippen LogP contribution in [0, 0.1) is 6.92 Å². The third-order valence-electron chi connectivity index (χ3n) is 4.85. The van der Waals surface area contributed by atoms with E-state index in [-0.39, 0.29) is 30.7 Å². The molecule has 1 aliphatic heterocycles. The van der Waals surface area contributed by atoms with Crippen LogP contribution in [0.2, 0.25) is 4.34 Å². The molecule has 3 amide bonds. The smallest absolute Gasteiger partial charge is 0.262 e. The quantitative estimate of drug-likeness (QED) is 0.615. The van der Waals surface area contributed by atoms with Gasteiger partial charge in [0, 0.05) is 17.9 Å². The molecule has 2 heterocycles.